The van der Waals surface area contributed by atoms with E-state index in [-0.39, 0.29) is 12.1 Å². The first kappa shape index (κ1) is 14.7. The number of anilines is 1. The summed E-state index contributed by atoms with van der Waals surface area (Å²) in [6.45, 7) is 6.58. The predicted octanol–water partition coefficient (Wildman–Crippen LogP) is 2.73. The molecule has 1 aliphatic heterocycles. The molecule has 1 N–H and O–H groups in total. The minimum Gasteiger partial charge on any atom is -0.491 e. The Kier molecular flexibility index (Phi) is 5.24. The van der Waals surface area contributed by atoms with Crippen LogP contribution in [-0.2, 0) is 4.74 Å². The zero-order chi connectivity index (χ0) is 14.4. The van der Waals surface area contributed by atoms with Crippen molar-refractivity contribution in [3.8, 4) is 5.75 Å². The third-order valence-corrected chi connectivity index (χ3v) is 3.30. The van der Waals surface area contributed by atoms with Crippen molar-refractivity contribution in [2.24, 2.45) is 0 Å². The molecule has 0 aromatic heterocycles. The van der Waals surface area contributed by atoms with Crippen LogP contribution in [0.2, 0.25) is 0 Å². The molecule has 1 aromatic rings. The second-order valence-corrected chi connectivity index (χ2v) is 4.89. The first-order chi connectivity index (χ1) is 9.69. The van der Waals surface area contributed by atoms with Crippen molar-refractivity contribution in [3.05, 3.63) is 24.3 Å². The van der Waals surface area contributed by atoms with Gasteiger partial charge < -0.3 is 19.7 Å². The molecule has 20 heavy (non-hydrogen) atoms. The highest BCUT2D eigenvalue weighted by atomic mass is 16.5. The van der Waals surface area contributed by atoms with E-state index in [1.54, 1.807) is 4.90 Å². The lowest BCUT2D eigenvalue weighted by Gasteiger charge is -2.27. The van der Waals surface area contributed by atoms with Gasteiger partial charge in [-0.05, 0) is 25.5 Å². The van der Waals surface area contributed by atoms with Crippen LogP contribution in [0, 0.1) is 0 Å². The van der Waals surface area contributed by atoms with E-state index in [1.165, 1.54) is 0 Å². The summed E-state index contributed by atoms with van der Waals surface area (Å²) in [4.78, 5) is 13.8. The standard InChI is InChI=1S/C15H22N2O3/c1-3-12(2)20-14-6-4-5-13(11-14)16-15(18)17-7-9-19-10-8-17/h4-6,11-12H,3,7-10H2,1-2H3,(H,16,18)/t12-/m0/s1. The molecule has 1 heterocycles. The fraction of sp³-hybridized carbons (Fsp3) is 0.533. The van der Waals surface area contributed by atoms with Gasteiger partial charge in [-0.2, -0.15) is 0 Å². The Bertz CT molecular complexity index is 444. The molecule has 1 atom stereocenters. The van der Waals surface area contributed by atoms with Gasteiger partial charge in [0.25, 0.3) is 0 Å². The second kappa shape index (κ2) is 7.14. The summed E-state index contributed by atoms with van der Waals surface area (Å²) in [5, 5.41) is 2.89. The van der Waals surface area contributed by atoms with Crippen molar-refractivity contribution < 1.29 is 14.3 Å². The Morgan fingerprint density at radius 3 is 2.90 bits per heavy atom. The first-order valence-electron chi connectivity index (χ1n) is 7.09. The van der Waals surface area contributed by atoms with Crippen LogP contribution in [0.5, 0.6) is 5.75 Å². The molecule has 2 rings (SSSR count). The summed E-state index contributed by atoms with van der Waals surface area (Å²) >= 11 is 0. The highest BCUT2D eigenvalue weighted by molar-refractivity contribution is 5.89. The van der Waals surface area contributed by atoms with Crippen LogP contribution in [0.15, 0.2) is 24.3 Å². The van der Waals surface area contributed by atoms with Gasteiger partial charge in [0.15, 0.2) is 0 Å². The third kappa shape index (κ3) is 4.13. The van der Waals surface area contributed by atoms with E-state index >= 15 is 0 Å². The van der Waals surface area contributed by atoms with Crippen LogP contribution in [0.1, 0.15) is 20.3 Å². The van der Waals surface area contributed by atoms with Crippen molar-refractivity contribution in [2.45, 2.75) is 26.4 Å². The monoisotopic (exact) mass is 278 g/mol. The average Bonchev–Trinajstić information content (AvgIpc) is 2.48. The Balaban J connectivity index is 1.94. The molecule has 110 valence electrons. The number of hydrogen-bond donors (Lipinski definition) is 1. The molecule has 1 saturated heterocycles. The zero-order valence-electron chi connectivity index (χ0n) is 12.1. The normalized spacial score (nSPS) is 16.6. The number of carbonyl (C=O) groups excluding carboxylic acids is 1. The largest absolute Gasteiger partial charge is 0.491 e. The maximum atomic E-state index is 12.1. The van der Waals surface area contributed by atoms with Gasteiger partial charge >= 0.3 is 6.03 Å². The highest BCUT2D eigenvalue weighted by Gasteiger charge is 2.16. The quantitative estimate of drug-likeness (QED) is 0.921. The molecule has 1 aromatic carbocycles. The summed E-state index contributed by atoms with van der Waals surface area (Å²) in [6, 6.07) is 7.41. The molecule has 2 amide bonds. The molecule has 5 heteroatoms. The second-order valence-electron chi connectivity index (χ2n) is 4.89. The number of hydrogen-bond acceptors (Lipinski definition) is 3. The van der Waals surface area contributed by atoms with Gasteiger partial charge in [-0.25, -0.2) is 4.79 Å². The smallest absolute Gasteiger partial charge is 0.322 e. The predicted molar refractivity (Wildman–Crippen MR) is 78.2 cm³/mol. The van der Waals surface area contributed by atoms with Crippen LogP contribution < -0.4 is 10.1 Å². The summed E-state index contributed by atoms with van der Waals surface area (Å²) in [7, 11) is 0. The molecular formula is C15H22N2O3. The number of morpholine rings is 1. The summed E-state index contributed by atoms with van der Waals surface area (Å²) < 4.78 is 11.0. The van der Waals surface area contributed by atoms with Gasteiger partial charge in [0.2, 0.25) is 0 Å². The number of rotatable bonds is 4. The summed E-state index contributed by atoms with van der Waals surface area (Å²) in [6.07, 6.45) is 1.12. The van der Waals surface area contributed by atoms with E-state index in [2.05, 4.69) is 12.2 Å². The molecule has 0 aliphatic carbocycles. The maximum absolute atomic E-state index is 12.1. The summed E-state index contributed by atoms with van der Waals surface area (Å²) in [5.41, 5.74) is 0.752. The van der Waals surface area contributed by atoms with Gasteiger partial charge in [-0.15, -0.1) is 0 Å². The lowest BCUT2D eigenvalue weighted by Crippen LogP contribution is -2.43. The number of urea groups is 1. The van der Waals surface area contributed by atoms with E-state index in [0.717, 1.165) is 17.9 Å². The average molecular weight is 278 g/mol. The van der Waals surface area contributed by atoms with Crippen LogP contribution in [0.25, 0.3) is 0 Å². The molecule has 1 aliphatic rings. The van der Waals surface area contributed by atoms with Crippen LogP contribution >= 0.6 is 0 Å². The van der Waals surface area contributed by atoms with Crippen molar-refractivity contribution in [1.29, 1.82) is 0 Å². The number of amides is 2. The van der Waals surface area contributed by atoms with Crippen molar-refractivity contribution >= 4 is 11.7 Å². The van der Waals surface area contributed by atoms with E-state index in [4.69, 9.17) is 9.47 Å². The molecule has 1 fully saturated rings. The zero-order valence-corrected chi connectivity index (χ0v) is 12.1. The number of carbonyl (C=O) groups is 1. The molecular weight excluding hydrogens is 256 g/mol. The van der Waals surface area contributed by atoms with Gasteiger partial charge in [0, 0.05) is 24.8 Å². The summed E-state index contributed by atoms with van der Waals surface area (Å²) in [5.74, 6) is 0.777. The maximum Gasteiger partial charge on any atom is 0.322 e. The highest BCUT2D eigenvalue weighted by Crippen LogP contribution is 2.19. The Morgan fingerprint density at radius 1 is 1.45 bits per heavy atom. The van der Waals surface area contributed by atoms with Gasteiger partial charge in [0.05, 0.1) is 19.3 Å². The molecule has 0 unspecified atom stereocenters. The van der Waals surface area contributed by atoms with E-state index in [1.807, 2.05) is 31.2 Å². The molecule has 5 nitrogen and oxygen atoms in total. The van der Waals surface area contributed by atoms with Crippen LogP contribution in [0.3, 0.4) is 0 Å². The van der Waals surface area contributed by atoms with Crippen LogP contribution in [0.4, 0.5) is 10.5 Å². The van der Waals surface area contributed by atoms with E-state index in [0.29, 0.717) is 26.3 Å². The van der Waals surface area contributed by atoms with Gasteiger partial charge in [0.1, 0.15) is 5.75 Å². The molecule has 0 saturated carbocycles. The Hall–Kier alpha value is -1.75. The number of ether oxygens (including phenoxy) is 2. The number of nitrogens with one attached hydrogen (secondary N) is 1. The van der Waals surface area contributed by atoms with Gasteiger partial charge in [-0.1, -0.05) is 13.0 Å². The Morgan fingerprint density at radius 2 is 2.20 bits per heavy atom. The lowest BCUT2D eigenvalue weighted by atomic mass is 10.2. The topological polar surface area (TPSA) is 50.8 Å². The van der Waals surface area contributed by atoms with E-state index < -0.39 is 0 Å². The van der Waals surface area contributed by atoms with Gasteiger partial charge in [-0.3, -0.25) is 0 Å². The SMILES string of the molecule is CC[C@H](C)Oc1cccc(NC(=O)N2CCOCC2)c1. The number of benzene rings is 1. The third-order valence-electron chi connectivity index (χ3n) is 3.30. The van der Waals surface area contributed by atoms with Crippen molar-refractivity contribution in [3.63, 3.8) is 0 Å². The molecule has 0 radical (unpaired) electrons. The first-order valence-corrected chi connectivity index (χ1v) is 7.09. The lowest BCUT2D eigenvalue weighted by molar-refractivity contribution is 0.0564. The Labute approximate surface area is 119 Å². The fourth-order valence-corrected chi connectivity index (χ4v) is 1.93. The fourth-order valence-electron chi connectivity index (χ4n) is 1.93. The van der Waals surface area contributed by atoms with Crippen molar-refractivity contribution in [2.75, 3.05) is 31.6 Å². The van der Waals surface area contributed by atoms with E-state index in [9.17, 15) is 4.79 Å². The minimum atomic E-state index is -0.0889. The molecule has 0 bridgehead atoms. The molecule has 0 spiro atoms. The number of nitrogens with zero attached hydrogens (tertiary/aromatic N) is 1. The van der Waals surface area contributed by atoms with Crippen molar-refractivity contribution in [1.82, 2.24) is 4.90 Å². The minimum absolute atomic E-state index is 0.0889. The van der Waals surface area contributed by atoms with Crippen LogP contribution in [-0.4, -0.2) is 43.3 Å².